The molecule has 12 unspecified atom stereocenters. The van der Waals surface area contributed by atoms with Crippen LogP contribution in [0.5, 0.6) is 0 Å². The molecule has 12 atom stereocenters. The summed E-state index contributed by atoms with van der Waals surface area (Å²) in [5.74, 6) is 0.188. The average molecular weight is 598 g/mol. The van der Waals surface area contributed by atoms with Crippen LogP contribution in [-0.2, 0) is 28.5 Å². The van der Waals surface area contributed by atoms with Crippen LogP contribution in [0, 0.1) is 17.8 Å². The van der Waals surface area contributed by atoms with Crippen LogP contribution in [-0.4, -0.2) is 108 Å². The smallest absolute Gasteiger partial charge is 0.185 e. The van der Waals surface area contributed by atoms with E-state index in [0.29, 0.717) is 12.8 Å². The first-order valence-electron chi connectivity index (χ1n) is 15.3. The van der Waals surface area contributed by atoms with Gasteiger partial charge in [-0.3, -0.25) is 4.79 Å². The fourth-order valence-electron chi connectivity index (χ4n) is 5.69. The molecule has 3 N–H and O–H groups in total. The van der Waals surface area contributed by atoms with E-state index in [1.165, 1.54) is 0 Å². The molecule has 0 radical (unpaired) electrons. The number of hydrogen-bond donors (Lipinski definition) is 3. The van der Waals surface area contributed by atoms with Crippen molar-refractivity contribution >= 4 is 12.1 Å². The summed E-state index contributed by atoms with van der Waals surface area (Å²) in [4.78, 5) is 24.9. The molecule has 0 aromatic carbocycles. The first-order valence-corrected chi connectivity index (χ1v) is 15.3. The summed E-state index contributed by atoms with van der Waals surface area (Å²) in [6.07, 6.45) is 5.35. The summed E-state index contributed by atoms with van der Waals surface area (Å²) in [5, 5.41) is 32.2. The number of aliphatic hydroxyl groups excluding tert-OH is 2. The Hall–Kier alpha value is -1.50. The number of Topliss-reactive ketones (excluding diaryl/α,β-unsaturated/α-hetero) is 1. The number of hydrogen-bond acceptors (Lipinski definition) is 10. The second kappa shape index (κ2) is 17.1. The normalized spacial score (nSPS) is 36.4. The van der Waals surface area contributed by atoms with Gasteiger partial charge in [0, 0.05) is 31.6 Å². The number of ether oxygens (including phenoxy) is 4. The van der Waals surface area contributed by atoms with Gasteiger partial charge in [0.05, 0.1) is 36.6 Å². The lowest BCUT2D eigenvalue weighted by Crippen LogP contribution is -2.64. The van der Waals surface area contributed by atoms with Crippen molar-refractivity contribution in [3.63, 3.8) is 0 Å². The Morgan fingerprint density at radius 2 is 1.83 bits per heavy atom. The SMILES string of the molecule is CC(CC=O)CC(C)C(O)/C=C/C=C/CC(=O)CCOC1OC(C)C(OC2CC(C)(O)C(C)C(C)O2)C(N(C)C)C1O. The van der Waals surface area contributed by atoms with E-state index in [2.05, 4.69) is 0 Å². The van der Waals surface area contributed by atoms with Crippen molar-refractivity contribution in [1.29, 1.82) is 0 Å². The van der Waals surface area contributed by atoms with Crippen LogP contribution < -0.4 is 0 Å². The molecule has 2 rings (SSSR count). The Kier molecular flexibility index (Phi) is 14.9. The number of allylic oxidation sites excluding steroid dienone is 3. The second-order valence-electron chi connectivity index (χ2n) is 12.8. The maximum absolute atomic E-state index is 12.4. The number of carbonyl (C=O) groups excluding carboxylic acids is 2. The van der Waals surface area contributed by atoms with Crippen molar-refractivity contribution in [3.05, 3.63) is 24.3 Å². The molecule has 2 aliphatic rings. The van der Waals surface area contributed by atoms with Gasteiger partial charge in [-0.05, 0) is 53.1 Å². The molecule has 2 aliphatic heterocycles. The zero-order valence-electron chi connectivity index (χ0n) is 26.7. The largest absolute Gasteiger partial charge is 0.390 e. The monoisotopic (exact) mass is 597 g/mol. The number of carbonyl (C=O) groups is 2. The highest BCUT2D eigenvalue weighted by atomic mass is 16.7. The maximum Gasteiger partial charge on any atom is 0.185 e. The Bertz CT molecular complexity index is 891. The molecule has 2 saturated heterocycles. The molecule has 0 saturated carbocycles. The van der Waals surface area contributed by atoms with Gasteiger partial charge in [0.2, 0.25) is 0 Å². The van der Waals surface area contributed by atoms with Crippen molar-refractivity contribution in [3.8, 4) is 0 Å². The summed E-state index contributed by atoms with van der Waals surface area (Å²) in [6.45, 7) is 11.5. The third kappa shape index (κ3) is 10.9. The molecule has 0 bridgehead atoms. The minimum Gasteiger partial charge on any atom is -0.390 e. The molecule has 0 aliphatic carbocycles. The Balaban J connectivity index is 1.82. The first kappa shape index (κ1) is 36.7. The molecule has 2 heterocycles. The van der Waals surface area contributed by atoms with E-state index >= 15 is 0 Å². The molecule has 10 nitrogen and oxygen atoms in total. The average Bonchev–Trinajstić information content (AvgIpc) is 2.89. The third-order valence-corrected chi connectivity index (χ3v) is 8.73. The van der Waals surface area contributed by atoms with Crippen LogP contribution in [0.4, 0.5) is 0 Å². The Morgan fingerprint density at radius 1 is 1.14 bits per heavy atom. The van der Waals surface area contributed by atoms with E-state index in [4.69, 9.17) is 18.9 Å². The number of aldehydes is 1. The van der Waals surface area contributed by atoms with Crippen molar-refractivity contribution in [2.24, 2.45) is 17.8 Å². The van der Waals surface area contributed by atoms with Gasteiger partial charge in [-0.25, -0.2) is 0 Å². The van der Waals surface area contributed by atoms with Crippen molar-refractivity contribution in [1.82, 2.24) is 4.90 Å². The summed E-state index contributed by atoms with van der Waals surface area (Å²) in [5.41, 5.74) is -0.937. The maximum atomic E-state index is 12.4. The van der Waals surface area contributed by atoms with E-state index in [1.54, 1.807) is 31.2 Å². The van der Waals surface area contributed by atoms with Crippen LogP contribution in [0.2, 0.25) is 0 Å². The van der Waals surface area contributed by atoms with Gasteiger partial charge < -0.3 is 44.0 Å². The first-order chi connectivity index (χ1) is 19.7. The molecule has 42 heavy (non-hydrogen) atoms. The van der Waals surface area contributed by atoms with Gasteiger partial charge in [-0.2, -0.15) is 0 Å². The van der Waals surface area contributed by atoms with Gasteiger partial charge in [0.1, 0.15) is 24.3 Å². The molecule has 0 aromatic heterocycles. The van der Waals surface area contributed by atoms with Crippen LogP contribution in [0.3, 0.4) is 0 Å². The van der Waals surface area contributed by atoms with Gasteiger partial charge in [0.15, 0.2) is 12.6 Å². The molecular weight excluding hydrogens is 542 g/mol. The fourth-order valence-corrected chi connectivity index (χ4v) is 5.69. The molecule has 0 aromatic rings. The van der Waals surface area contributed by atoms with Gasteiger partial charge in [0.25, 0.3) is 0 Å². The standard InChI is InChI=1S/C32H55NO9/c1-20(14-16-34)18-21(2)26(36)13-11-9-10-12-25(35)15-17-39-31-29(37)28(33(7)8)30(24(5)41-31)42-27-19-32(6,38)22(3)23(4)40-27/h9-11,13,16,20-24,26-31,36-38H,12,14-15,17-19H2,1-8H3/b10-9+,13-11+. The second-order valence-corrected chi connectivity index (χ2v) is 12.8. The molecule has 0 spiro atoms. The molecule has 10 heteroatoms. The Morgan fingerprint density at radius 3 is 2.45 bits per heavy atom. The lowest BCUT2D eigenvalue weighted by atomic mass is 9.82. The van der Waals surface area contributed by atoms with E-state index in [-0.39, 0.29) is 49.1 Å². The van der Waals surface area contributed by atoms with E-state index in [0.717, 1.165) is 12.7 Å². The molecular formula is C32H55NO9. The lowest BCUT2D eigenvalue weighted by molar-refractivity contribution is -0.328. The molecule has 0 amide bonds. The van der Waals surface area contributed by atoms with E-state index < -0.39 is 48.6 Å². The minimum absolute atomic E-state index is 0.0233. The zero-order chi connectivity index (χ0) is 31.6. The number of likely N-dealkylation sites (N-methyl/N-ethyl adjacent to an activating group) is 1. The Labute approximate surface area is 252 Å². The summed E-state index contributed by atoms with van der Waals surface area (Å²) in [6, 6.07) is -0.460. The van der Waals surface area contributed by atoms with Crippen LogP contribution in [0.15, 0.2) is 24.3 Å². The van der Waals surface area contributed by atoms with E-state index in [1.807, 2.05) is 53.6 Å². The number of rotatable bonds is 16. The van der Waals surface area contributed by atoms with Gasteiger partial charge in [-0.15, -0.1) is 0 Å². The zero-order valence-corrected chi connectivity index (χ0v) is 26.7. The molecule has 2 fully saturated rings. The molecule has 242 valence electrons. The quantitative estimate of drug-likeness (QED) is 0.180. The topological polar surface area (TPSA) is 135 Å². The highest BCUT2D eigenvalue weighted by Gasteiger charge is 2.49. The predicted molar refractivity (Wildman–Crippen MR) is 160 cm³/mol. The highest BCUT2D eigenvalue weighted by molar-refractivity contribution is 5.79. The summed E-state index contributed by atoms with van der Waals surface area (Å²) in [7, 11) is 3.69. The van der Waals surface area contributed by atoms with Crippen LogP contribution in [0.1, 0.15) is 73.6 Å². The van der Waals surface area contributed by atoms with Gasteiger partial charge >= 0.3 is 0 Å². The van der Waals surface area contributed by atoms with E-state index in [9.17, 15) is 24.9 Å². The highest BCUT2D eigenvalue weighted by Crippen LogP contribution is 2.36. The van der Waals surface area contributed by atoms with Crippen molar-refractivity contribution < 1.29 is 43.9 Å². The minimum atomic E-state index is -1.03. The number of aliphatic hydroxyl groups is 3. The number of ketones is 1. The number of nitrogens with zero attached hydrogens (tertiary/aromatic N) is 1. The summed E-state index contributed by atoms with van der Waals surface area (Å²) >= 11 is 0. The fraction of sp³-hybridized carbons (Fsp3) is 0.812. The lowest BCUT2D eigenvalue weighted by Gasteiger charge is -2.49. The van der Waals surface area contributed by atoms with Crippen molar-refractivity contribution in [2.45, 2.75) is 128 Å². The van der Waals surface area contributed by atoms with Crippen molar-refractivity contribution in [2.75, 3.05) is 20.7 Å². The van der Waals surface area contributed by atoms with Crippen LogP contribution >= 0.6 is 0 Å². The summed E-state index contributed by atoms with van der Waals surface area (Å²) < 4.78 is 24.1. The third-order valence-electron chi connectivity index (χ3n) is 8.73. The van der Waals surface area contributed by atoms with Crippen LogP contribution in [0.25, 0.3) is 0 Å². The predicted octanol–water partition coefficient (Wildman–Crippen LogP) is 3.02. The van der Waals surface area contributed by atoms with Gasteiger partial charge in [-0.1, -0.05) is 45.1 Å².